The molecule has 0 radical (unpaired) electrons. The smallest absolute Gasteiger partial charge is 0.258 e. The summed E-state index contributed by atoms with van der Waals surface area (Å²) >= 11 is 0. The maximum Gasteiger partial charge on any atom is 0.258 e. The van der Waals surface area contributed by atoms with Crippen LogP contribution in [0.1, 0.15) is 18.4 Å². The van der Waals surface area contributed by atoms with Gasteiger partial charge in [0.15, 0.2) is 6.61 Å². The van der Waals surface area contributed by atoms with Crippen molar-refractivity contribution in [1.29, 1.82) is 5.26 Å². The summed E-state index contributed by atoms with van der Waals surface area (Å²) in [6.07, 6.45) is 2.09. The highest BCUT2D eigenvalue weighted by molar-refractivity contribution is 5.78. The number of nitrogens with two attached hydrogens (primary N) is 1. The van der Waals surface area contributed by atoms with E-state index in [0.717, 1.165) is 12.8 Å². The number of nitriles is 1. The Labute approximate surface area is 99.2 Å². The first-order valence-corrected chi connectivity index (χ1v) is 5.41. The number of nitrogens with one attached hydrogen (secondary N) is 1. The zero-order valence-corrected chi connectivity index (χ0v) is 9.27. The van der Waals surface area contributed by atoms with Gasteiger partial charge in [-0.05, 0) is 31.0 Å². The average molecular weight is 231 g/mol. The van der Waals surface area contributed by atoms with Crippen LogP contribution in [0.3, 0.4) is 0 Å². The molecule has 1 fully saturated rings. The Balaban J connectivity index is 1.89. The van der Waals surface area contributed by atoms with Gasteiger partial charge in [-0.3, -0.25) is 4.79 Å². The summed E-state index contributed by atoms with van der Waals surface area (Å²) in [5.41, 5.74) is 6.52. The van der Waals surface area contributed by atoms with E-state index < -0.39 is 0 Å². The Kier molecular flexibility index (Phi) is 3.15. The predicted molar refractivity (Wildman–Crippen MR) is 62.2 cm³/mol. The van der Waals surface area contributed by atoms with E-state index in [4.69, 9.17) is 15.7 Å². The molecule has 17 heavy (non-hydrogen) atoms. The molecule has 1 aromatic carbocycles. The highest BCUT2D eigenvalue weighted by Gasteiger charge is 2.23. The molecule has 5 nitrogen and oxygen atoms in total. The third-order valence-electron chi connectivity index (χ3n) is 2.44. The highest BCUT2D eigenvalue weighted by Crippen LogP contribution is 2.22. The van der Waals surface area contributed by atoms with Crippen molar-refractivity contribution in [2.75, 3.05) is 12.3 Å². The van der Waals surface area contributed by atoms with Crippen LogP contribution in [-0.2, 0) is 4.79 Å². The van der Waals surface area contributed by atoms with Gasteiger partial charge in [-0.15, -0.1) is 0 Å². The molecule has 2 rings (SSSR count). The normalized spacial score (nSPS) is 13.8. The second-order valence-corrected chi connectivity index (χ2v) is 3.99. The molecule has 3 N–H and O–H groups in total. The van der Waals surface area contributed by atoms with E-state index in [2.05, 4.69) is 5.32 Å². The van der Waals surface area contributed by atoms with Crippen LogP contribution in [-0.4, -0.2) is 18.6 Å². The van der Waals surface area contributed by atoms with Crippen LogP contribution in [0.5, 0.6) is 5.75 Å². The molecular weight excluding hydrogens is 218 g/mol. The highest BCUT2D eigenvalue weighted by atomic mass is 16.5. The number of amides is 1. The quantitative estimate of drug-likeness (QED) is 0.750. The summed E-state index contributed by atoms with van der Waals surface area (Å²) in [5, 5.41) is 11.5. The molecule has 0 aromatic heterocycles. The van der Waals surface area contributed by atoms with Gasteiger partial charge in [0.05, 0.1) is 17.3 Å². The largest absolute Gasteiger partial charge is 0.482 e. The van der Waals surface area contributed by atoms with Crippen molar-refractivity contribution in [2.24, 2.45) is 0 Å². The fourth-order valence-electron chi connectivity index (χ4n) is 1.39. The van der Waals surface area contributed by atoms with Gasteiger partial charge < -0.3 is 15.8 Å². The zero-order chi connectivity index (χ0) is 12.3. The fraction of sp³-hybridized carbons (Fsp3) is 0.333. The number of ether oxygens (including phenoxy) is 1. The molecule has 1 aliphatic carbocycles. The van der Waals surface area contributed by atoms with Crippen LogP contribution in [0.4, 0.5) is 5.69 Å². The van der Waals surface area contributed by atoms with Crippen molar-refractivity contribution in [3.63, 3.8) is 0 Å². The van der Waals surface area contributed by atoms with Gasteiger partial charge in [-0.25, -0.2) is 0 Å². The van der Waals surface area contributed by atoms with Crippen molar-refractivity contribution < 1.29 is 9.53 Å². The summed E-state index contributed by atoms with van der Waals surface area (Å²) in [4.78, 5) is 11.4. The van der Waals surface area contributed by atoms with E-state index in [1.165, 1.54) is 6.07 Å². The average Bonchev–Trinajstić information content (AvgIpc) is 3.11. The minimum atomic E-state index is -0.142. The number of nitrogens with zero attached hydrogens (tertiary/aromatic N) is 1. The summed E-state index contributed by atoms with van der Waals surface area (Å²) in [5.74, 6) is 0.284. The number of rotatable bonds is 4. The van der Waals surface area contributed by atoms with Crippen molar-refractivity contribution in [1.82, 2.24) is 5.32 Å². The molecule has 88 valence electrons. The molecule has 1 saturated carbocycles. The Morgan fingerprint density at radius 1 is 1.59 bits per heavy atom. The lowest BCUT2D eigenvalue weighted by Gasteiger charge is -2.08. The van der Waals surface area contributed by atoms with Crippen LogP contribution in [0.2, 0.25) is 0 Å². The second-order valence-electron chi connectivity index (χ2n) is 3.99. The van der Waals surface area contributed by atoms with Crippen LogP contribution in [0.25, 0.3) is 0 Å². The van der Waals surface area contributed by atoms with Crippen molar-refractivity contribution in [3.05, 3.63) is 23.8 Å². The van der Waals surface area contributed by atoms with Gasteiger partial charge in [0.25, 0.3) is 5.91 Å². The van der Waals surface area contributed by atoms with Crippen molar-refractivity contribution in [3.8, 4) is 11.8 Å². The minimum absolute atomic E-state index is 0.0490. The van der Waals surface area contributed by atoms with E-state index in [9.17, 15) is 4.79 Å². The van der Waals surface area contributed by atoms with Gasteiger partial charge in [0.2, 0.25) is 0 Å². The maximum absolute atomic E-state index is 11.4. The number of hydrogen-bond acceptors (Lipinski definition) is 4. The molecule has 0 unspecified atom stereocenters. The summed E-state index contributed by atoms with van der Waals surface area (Å²) in [6, 6.07) is 7.02. The van der Waals surface area contributed by atoms with Crippen LogP contribution in [0, 0.1) is 11.3 Å². The molecule has 0 heterocycles. The third kappa shape index (κ3) is 3.11. The van der Waals surface area contributed by atoms with E-state index in [-0.39, 0.29) is 12.5 Å². The Morgan fingerprint density at radius 2 is 2.35 bits per heavy atom. The molecule has 0 spiro atoms. The van der Waals surface area contributed by atoms with E-state index in [1.807, 2.05) is 6.07 Å². The minimum Gasteiger partial charge on any atom is -0.482 e. The molecular formula is C12H13N3O2. The van der Waals surface area contributed by atoms with Gasteiger partial charge in [-0.1, -0.05) is 0 Å². The molecule has 5 heteroatoms. The lowest BCUT2D eigenvalue weighted by atomic mass is 10.2. The number of carbonyl (C=O) groups is 1. The number of anilines is 1. The van der Waals surface area contributed by atoms with Crippen LogP contribution < -0.4 is 15.8 Å². The number of carbonyl (C=O) groups excluding carboxylic acids is 1. The number of benzene rings is 1. The van der Waals surface area contributed by atoms with Crippen LogP contribution in [0.15, 0.2) is 18.2 Å². The first kappa shape index (κ1) is 11.3. The first-order chi connectivity index (χ1) is 8.19. The lowest BCUT2D eigenvalue weighted by Crippen LogP contribution is -2.30. The molecule has 0 bridgehead atoms. The number of hydrogen-bond donors (Lipinski definition) is 2. The Hall–Kier alpha value is -2.22. The molecule has 1 aliphatic rings. The predicted octanol–water partition coefficient (Wildman–Crippen LogP) is 0.798. The first-order valence-electron chi connectivity index (χ1n) is 5.41. The monoisotopic (exact) mass is 231 g/mol. The lowest BCUT2D eigenvalue weighted by molar-refractivity contribution is -0.123. The maximum atomic E-state index is 11.4. The van der Waals surface area contributed by atoms with Gasteiger partial charge in [0.1, 0.15) is 5.75 Å². The fourth-order valence-corrected chi connectivity index (χ4v) is 1.39. The topological polar surface area (TPSA) is 88.1 Å². The Bertz CT molecular complexity index is 475. The molecule has 0 atom stereocenters. The van der Waals surface area contributed by atoms with Crippen molar-refractivity contribution >= 4 is 11.6 Å². The SMILES string of the molecule is N#Cc1ccc(OCC(=O)NC2CC2)c(N)c1. The van der Waals surface area contributed by atoms with Gasteiger partial charge in [-0.2, -0.15) is 5.26 Å². The van der Waals surface area contributed by atoms with Gasteiger partial charge in [0, 0.05) is 6.04 Å². The van der Waals surface area contributed by atoms with E-state index >= 15 is 0 Å². The summed E-state index contributed by atoms with van der Waals surface area (Å²) < 4.78 is 5.28. The summed E-state index contributed by atoms with van der Waals surface area (Å²) in [6.45, 7) is -0.0490. The van der Waals surface area contributed by atoms with E-state index in [0.29, 0.717) is 23.0 Å². The Morgan fingerprint density at radius 3 is 2.94 bits per heavy atom. The molecule has 0 saturated heterocycles. The zero-order valence-electron chi connectivity index (χ0n) is 9.27. The van der Waals surface area contributed by atoms with Gasteiger partial charge >= 0.3 is 0 Å². The molecule has 1 amide bonds. The standard InChI is InChI=1S/C12H13N3O2/c13-6-8-1-4-11(10(14)5-8)17-7-12(16)15-9-2-3-9/h1,4-5,9H,2-3,7,14H2,(H,15,16). The third-order valence-corrected chi connectivity index (χ3v) is 2.44. The summed E-state index contributed by atoms with van der Waals surface area (Å²) in [7, 11) is 0. The number of nitrogen functional groups attached to an aromatic ring is 1. The van der Waals surface area contributed by atoms with Crippen LogP contribution >= 0.6 is 0 Å². The second kappa shape index (κ2) is 4.74. The molecule has 0 aliphatic heterocycles. The molecule has 1 aromatic rings. The van der Waals surface area contributed by atoms with Crippen molar-refractivity contribution in [2.45, 2.75) is 18.9 Å². The van der Waals surface area contributed by atoms with E-state index in [1.54, 1.807) is 12.1 Å².